The zero-order valence-corrected chi connectivity index (χ0v) is 14.1. The number of urea groups is 1. The second-order valence-electron chi connectivity index (χ2n) is 6.76. The van der Waals surface area contributed by atoms with E-state index in [2.05, 4.69) is 14.5 Å². The maximum absolute atomic E-state index is 12.4. The minimum absolute atomic E-state index is 0.140. The van der Waals surface area contributed by atoms with Gasteiger partial charge in [-0.25, -0.2) is 4.79 Å². The molecular formula is C13H19N5O6S. The first-order valence-corrected chi connectivity index (χ1v) is 9.54. The Balaban J connectivity index is 1.51. The molecule has 3 N–H and O–H groups in total. The summed E-state index contributed by atoms with van der Waals surface area (Å²) in [5.41, 5.74) is 5.91. The number of hydrogen-bond acceptors (Lipinski definition) is 8. The molecular weight excluding hydrogens is 354 g/mol. The number of fused-ring (bicyclic) bond motifs is 2. The number of piperidine rings is 1. The molecule has 4 rings (SSSR count). The molecule has 2 amide bonds. The van der Waals surface area contributed by atoms with Crippen molar-refractivity contribution in [1.29, 1.82) is 0 Å². The van der Waals surface area contributed by atoms with E-state index in [0.717, 1.165) is 19.3 Å². The van der Waals surface area contributed by atoms with E-state index in [1.54, 1.807) is 0 Å². The molecule has 0 unspecified atom stereocenters. The topological polar surface area (TPSA) is 152 Å². The van der Waals surface area contributed by atoms with E-state index in [-0.39, 0.29) is 18.5 Å². The summed E-state index contributed by atoms with van der Waals surface area (Å²) in [7, 11) is -4.76. The molecule has 2 aliphatic heterocycles. The quantitative estimate of drug-likeness (QED) is 0.711. The van der Waals surface area contributed by atoms with Gasteiger partial charge in [-0.05, 0) is 32.1 Å². The average Bonchev–Trinajstić information content (AvgIpc) is 3.23. The number of hydrogen-bond donors (Lipinski definition) is 2. The Morgan fingerprint density at radius 1 is 1.20 bits per heavy atom. The van der Waals surface area contributed by atoms with E-state index in [1.165, 1.54) is 4.90 Å². The van der Waals surface area contributed by atoms with Crippen molar-refractivity contribution < 1.29 is 26.5 Å². The lowest BCUT2D eigenvalue weighted by Crippen LogP contribution is -2.35. The normalized spacial score (nSPS) is 32.6. The third-order valence-electron chi connectivity index (χ3n) is 5.06. The third kappa shape index (κ3) is 3.10. The van der Waals surface area contributed by atoms with Gasteiger partial charge in [0.1, 0.15) is 6.04 Å². The Hall–Kier alpha value is -1.76. The van der Waals surface area contributed by atoms with Gasteiger partial charge in [0, 0.05) is 18.5 Å². The molecule has 3 fully saturated rings. The number of aromatic nitrogens is 2. The van der Waals surface area contributed by atoms with Crippen LogP contribution in [0, 0.1) is 0 Å². The van der Waals surface area contributed by atoms with Gasteiger partial charge in [0.2, 0.25) is 11.8 Å². The van der Waals surface area contributed by atoms with Crippen LogP contribution in [0.1, 0.15) is 55.8 Å². The number of hydroxylamine groups is 2. The number of carbonyl (C=O) groups excluding carboxylic acids is 1. The lowest BCUT2D eigenvalue weighted by molar-refractivity contribution is -0.0317. The third-order valence-corrected chi connectivity index (χ3v) is 5.41. The molecule has 4 atom stereocenters. The van der Waals surface area contributed by atoms with Crippen LogP contribution in [0.15, 0.2) is 4.42 Å². The second kappa shape index (κ2) is 5.90. The Kier molecular flexibility index (Phi) is 3.94. The molecule has 0 radical (unpaired) electrons. The number of carbonyl (C=O) groups is 1. The van der Waals surface area contributed by atoms with E-state index >= 15 is 0 Å². The van der Waals surface area contributed by atoms with Crippen molar-refractivity contribution in [2.75, 3.05) is 6.54 Å². The zero-order chi connectivity index (χ0) is 17.8. The van der Waals surface area contributed by atoms with Crippen LogP contribution in [-0.4, -0.2) is 57.8 Å². The fourth-order valence-electron chi connectivity index (χ4n) is 3.88. The van der Waals surface area contributed by atoms with E-state index in [0.29, 0.717) is 29.7 Å². The summed E-state index contributed by atoms with van der Waals surface area (Å²) in [5.74, 6) is 1.000. The lowest BCUT2D eigenvalue weighted by atomic mass is 10.0. The van der Waals surface area contributed by atoms with Gasteiger partial charge in [-0.1, -0.05) is 0 Å². The Bertz CT molecular complexity index is 782. The summed E-state index contributed by atoms with van der Waals surface area (Å²) in [6.07, 6.45) is 3.64. The molecule has 3 aliphatic rings. The van der Waals surface area contributed by atoms with Gasteiger partial charge < -0.3 is 15.1 Å². The highest BCUT2D eigenvalue weighted by Crippen LogP contribution is 2.40. The molecule has 12 heteroatoms. The number of nitrogens with zero attached hydrogens (tertiary/aromatic N) is 4. The van der Waals surface area contributed by atoms with Crippen LogP contribution >= 0.6 is 0 Å². The maximum atomic E-state index is 12.4. The second-order valence-corrected chi connectivity index (χ2v) is 7.76. The highest BCUT2D eigenvalue weighted by atomic mass is 32.3. The molecule has 0 spiro atoms. The van der Waals surface area contributed by atoms with Crippen LogP contribution in [0.4, 0.5) is 4.79 Å². The molecule has 0 aromatic carbocycles. The van der Waals surface area contributed by atoms with E-state index in [9.17, 15) is 13.2 Å². The lowest BCUT2D eigenvalue weighted by Gasteiger charge is -2.27. The van der Waals surface area contributed by atoms with Crippen molar-refractivity contribution in [3.8, 4) is 0 Å². The summed E-state index contributed by atoms with van der Waals surface area (Å²) >= 11 is 0. The van der Waals surface area contributed by atoms with Gasteiger partial charge in [0.25, 0.3) is 0 Å². The first kappa shape index (κ1) is 16.7. The smallest absolute Gasteiger partial charge is 0.418 e. The van der Waals surface area contributed by atoms with Crippen molar-refractivity contribution in [2.45, 2.75) is 56.1 Å². The molecule has 2 saturated heterocycles. The van der Waals surface area contributed by atoms with Crippen molar-refractivity contribution in [2.24, 2.45) is 5.73 Å². The summed E-state index contributed by atoms with van der Waals surface area (Å²) in [6, 6.07) is -1.38. The Labute approximate surface area is 144 Å². The predicted octanol–water partition coefficient (Wildman–Crippen LogP) is 0.340. The fourth-order valence-corrected chi connectivity index (χ4v) is 4.26. The van der Waals surface area contributed by atoms with Crippen molar-refractivity contribution >= 4 is 16.4 Å². The van der Waals surface area contributed by atoms with Gasteiger partial charge in [-0.2, -0.15) is 13.5 Å². The minimum atomic E-state index is -4.76. The molecule has 3 heterocycles. The molecule has 25 heavy (non-hydrogen) atoms. The maximum Gasteiger partial charge on any atom is 0.418 e. The number of rotatable bonds is 4. The predicted molar refractivity (Wildman–Crippen MR) is 81.2 cm³/mol. The average molecular weight is 373 g/mol. The van der Waals surface area contributed by atoms with Crippen molar-refractivity contribution in [3.63, 3.8) is 0 Å². The molecule has 138 valence electrons. The van der Waals surface area contributed by atoms with E-state index in [4.69, 9.17) is 14.7 Å². The van der Waals surface area contributed by atoms with Gasteiger partial charge in [-0.3, -0.25) is 4.55 Å². The largest absolute Gasteiger partial charge is 0.423 e. The standard InChI is InChI=1S/C13H19N5O6S/c14-8-2-1-7(5-8)11-15-16-12(23-11)10-4-3-9-6-17(10)13(19)18(9)24-25(20,21)22/h7-10H,1-6,14H2,(H,20,21,22)/t7-,8+,9+,10+/m1/s1. The van der Waals surface area contributed by atoms with E-state index in [1.807, 2.05) is 0 Å². The van der Waals surface area contributed by atoms with Crippen LogP contribution in [0.2, 0.25) is 0 Å². The summed E-state index contributed by atoms with van der Waals surface area (Å²) in [5, 5.41) is 8.88. The first-order valence-electron chi connectivity index (χ1n) is 8.17. The first-order chi connectivity index (χ1) is 11.8. The summed E-state index contributed by atoms with van der Waals surface area (Å²) in [4.78, 5) is 13.8. The van der Waals surface area contributed by atoms with Crippen LogP contribution in [0.3, 0.4) is 0 Å². The van der Waals surface area contributed by atoms with E-state index < -0.39 is 28.5 Å². The SMILES string of the molecule is N[C@H]1CC[C@@H](c2nnc([C@@H]3CC[C@H]4CN3C(=O)N4OS(=O)(=O)O)o2)C1. The molecule has 11 nitrogen and oxygen atoms in total. The fraction of sp³-hybridized carbons (Fsp3) is 0.769. The monoisotopic (exact) mass is 373 g/mol. The van der Waals surface area contributed by atoms with Crippen molar-refractivity contribution in [3.05, 3.63) is 11.8 Å². The van der Waals surface area contributed by atoms with Gasteiger partial charge in [-0.15, -0.1) is 14.5 Å². The Morgan fingerprint density at radius 3 is 2.64 bits per heavy atom. The van der Waals surface area contributed by atoms with Gasteiger partial charge in [0.15, 0.2) is 0 Å². The zero-order valence-electron chi connectivity index (χ0n) is 13.3. The molecule has 2 bridgehead atoms. The summed E-state index contributed by atoms with van der Waals surface area (Å²) < 4.78 is 40.9. The molecule has 1 aliphatic carbocycles. The minimum Gasteiger partial charge on any atom is -0.423 e. The van der Waals surface area contributed by atoms with Crippen LogP contribution in [0.25, 0.3) is 0 Å². The Morgan fingerprint density at radius 2 is 1.96 bits per heavy atom. The highest BCUT2D eigenvalue weighted by molar-refractivity contribution is 7.80. The highest BCUT2D eigenvalue weighted by Gasteiger charge is 2.49. The number of amides is 2. The molecule has 1 saturated carbocycles. The molecule has 1 aromatic heterocycles. The number of nitrogens with two attached hydrogens (primary N) is 1. The van der Waals surface area contributed by atoms with Gasteiger partial charge >= 0.3 is 16.4 Å². The molecule has 1 aromatic rings. The van der Waals surface area contributed by atoms with Crippen LogP contribution in [0.5, 0.6) is 0 Å². The van der Waals surface area contributed by atoms with Crippen molar-refractivity contribution in [1.82, 2.24) is 20.2 Å². The van der Waals surface area contributed by atoms with Crippen LogP contribution < -0.4 is 5.73 Å². The summed E-state index contributed by atoms with van der Waals surface area (Å²) in [6.45, 7) is 0.269. The van der Waals surface area contributed by atoms with Crippen LogP contribution in [-0.2, 0) is 14.7 Å². The van der Waals surface area contributed by atoms with Gasteiger partial charge in [0.05, 0.1) is 6.04 Å².